The maximum atomic E-state index is 9.93. The molecule has 1 aromatic rings. The second-order valence-electron chi connectivity index (χ2n) is 5.09. The highest BCUT2D eigenvalue weighted by Gasteiger charge is 2.35. The quantitative estimate of drug-likeness (QED) is 0.636. The molecule has 0 amide bonds. The van der Waals surface area contributed by atoms with Gasteiger partial charge in [0.2, 0.25) is 0 Å². The first-order valence-corrected chi connectivity index (χ1v) is 5.80. The Morgan fingerprint density at radius 3 is 2.35 bits per heavy atom. The molecule has 0 saturated heterocycles. The van der Waals surface area contributed by atoms with Crippen molar-refractivity contribution < 1.29 is 9.76 Å². The predicted molar refractivity (Wildman–Crippen MR) is 72.7 cm³/mol. The van der Waals surface area contributed by atoms with Gasteiger partial charge in [-0.1, -0.05) is 23.1 Å². The van der Waals surface area contributed by atoms with Gasteiger partial charge in [-0.3, -0.25) is 0 Å². The fraction of sp³-hybridized carbons (Fsp3) is 0.500. The number of rotatable bonds is 4. The molecule has 1 aromatic carbocycles. The Morgan fingerprint density at radius 1 is 1.29 bits per heavy atom. The van der Waals surface area contributed by atoms with E-state index in [1.54, 1.807) is 33.5 Å². The average Bonchev–Trinajstić information content (AvgIpc) is 2.18. The van der Waals surface area contributed by atoms with Gasteiger partial charge in [-0.05, 0) is 39.8 Å². The minimum Gasteiger partial charge on any atom is -0.427 e. The van der Waals surface area contributed by atoms with E-state index in [0.29, 0.717) is 10.7 Å². The molecule has 0 saturated carbocycles. The van der Waals surface area contributed by atoms with Crippen molar-refractivity contribution in [2.75, 3.05) is 5.73 Å². The van der Waals surface area contributed by atoms with E-state index >= 15 is 0 Å². The van der Waals surface area contributed by atoms with Gasteiger partial charge in [0.15, 0.2) is 0 Å². The minimum atomic E-state index is -0.943. The van der Waals surface area contributed by atoms with E-state index in [1.807, 2.05) is 19.9 Å². The van der Waals surface area contributed by atoms with Crippen LogP contribution in [0.25, 0.3) is 0 Å². The van der Waals surface area contributed by atoms with Gasteiger partial charge in [0.25, 0.3) is 0 Å². The highest BCUT2D eigenvalue weighted by molar-refractivity contribution is 6.48. The first-order valence-electron chi connectivity index (χ1n) is 5.42. The van der Waals surface area contributed by atoms with Gasteiger partial charge < -0.3 is 15.5 Å². The van der Waals surface area contributed by atoms with Gasteiger partial charge in [-0.25, -0.2) is 0 Å². The average molecular weight is 255 g/mol. The second-order valence-corrected chi connectivity index (χ2v) is 5.49. The van der Waals surface area contributed by atoms with Crippen LogP contribution in [0.1, 0.15) is 27.7 Å². The van der Waals surface area contributed by atoms with Crippen LogP contribution in [0.3, 0.4) is 0 Å². The van der Waals surface area contributed by atoms with Crippen LogP contribution in [0, 0.1) is 0 Å². The molecule has 0 aliphatic heterocycles. The Hall–Kier alpha value is -0.705. The standard InChI is InChI=1S/C12H18BClNO2/c1-11(2,16)12(3,4)17-13-8-5-6-10(15)9(14)7-8/h5-7,16H,15H2,1-4H3. The van der Waals surface area contributed by atoms with Crippen LogP contribution in [0.15, 0.2) is 18.2 Å². The molecule has 0 aromatic heterocycles. The highest BCUT2D eigenvalue weighted by Crippen LogP contribution is 2.24. The summed E-state index contributed by atoms with van der Waals surface area (Å²) in [4.78, 5) is 0. The normalized spacial score (nSPS) is 12.6. The van der Waals surface area contributed by atoms with E-state index in [-0.39, 0.29) is 0 Å². The molecule has 0 aliphatic carbocycles. The summed E-state index contributed by atoms with van der Waals surface area (Å²) in [6.45, 7) is 7.05. The summed E-state index contributed by atoms with van der Waals surface area (Å²) in [5.41, 5.74) is 5.32. The molecule has 1 radical (unpaired) electrons. The number of nitrogen functional groups attached to an aromatic ring is 1. The van der Waals surface area contributed by atoms with Crippen molar-refractivity contribution >= 4 is 30.2 Å². The van der Waals surface area contributed by atoms with Gasteiger partial charge in [-0.15, -0.1) is 0 Å². The molecule has 1 rings (SSSR count). The van der Waals surface area contributed by atoms with Crippen molar-refractivity contribution in [2.24, 2.45) is 0 Å². The van der Waals surface area contributed by atoms with Crippen molar-refractivity contribution in [1.29, 1.82) is 0 Å². The van der Waals surface area contributed by atoms with Crippen molar-refractivity contribution in [2.45, 2.75) is 38.9 Å². The van der Waals surface area contributed by atoms with Crippen molar-refractivity contribution in [3.05, 3.63) is 23.2 Å². The summed E-state index contributed by atoms with van der Waals surface area (Å²) in [6, 6.07) is 5.24. The summed E-state index contributed by atoms with van der Waals surface area (Å²) < 4.78 is 5.60. The molecule has 3 nitrogen and oxygen atoms in total. The minimum absolute atomic E-state index is 0.489. The van der Waals surface area contributed by atoms with Gasteiger partial charge in [0, 0.05) is 0 Å². The molecule has 0 atom stereocenters. The number of benzene rings is 1. The van der Waals surface area contributed by atoms with Gasteiger partial charge in [-0.2, -0.15) is 0 Å². The van der Waals surface area contributed by atoms with Crippen LogP contribution in [-0.4, -0.2) is 23.8 Å². The van der Waals surface area contributed by atoms with Crippen LogP contribution in [0.2, 0.25) is 5.02 Å². The van der Waals surface area contributed by atoms with E-state index in [1.165, 1.54) is 0 Å². The van der Waals surface area contributed by atoms with Crippen molar-refractivity contribution in [3.8, 4) is 0 Å². The predicted octanol–water partition coefficient (Wildman–Crippen LogP) is 1.73. The number of anilines is 1. The third-order valence-corrected chi connectivity index (χ3v) is 3.31. The third-order valence-electron chi connectivity index (χ3n) is 2.99. The first-order chi connectivity index (χ1) is 7.63. The van der Waals surface area contributed by atoms with Gasteiger partial charge >= 0.3 is 7.48 Å². The zero-order valence-corrected chi connectivity index (χ0v) is 11.4. The summed E-state index contributed by atoms with van der Waals surface area (Å²) in [6.07, 6.45) is 0. The SMILES string of the molecule is CC(C)(O)C(C)(C)O[B]c1ccc(N)c(Cl)c1. The second kappa shape index (κ2) is 4.88. The van der Waals surface area contributed by atoms with E-state index in [4.69, 9.17) is 22.0 Å². The molecular formula is C12H18BClNO2. The molecule has 93 valence electrons. The molecular weight excluding hydrogens is 236 g/mol. The smallest absolute Gasteiger partial charge is 0.330 e. The Kier molecular flexibility index (Phi) is 4.13. The lowest BCUT2D eigenvalue weighted by Gasteiger charge is -2.37. The number of hydrogen-bond acceptors (Lipinski definition) is 3. The van der Waals surface area contributed by atoms with Gasteiger partial charge in [0.05, 0.1) is 21.9 Å². The Bertz CT molecular complexity index is 402. The van der Waals surface area contributed by atoms with Crippen LogP contribution in [-0.2, 0) is 4.65 Å². The van der Waals surface area contributed by atoms with Crippen LogP contribution < -0.4 is 11.2 Å². The van der Waals surface area contributed by atoms with Crippen molar-refractivity contribution in [3.63, 3.8) is 0 Å². The molecule has 0 unspecified atom stereocenters. The van der Waals surface area contributed by atoms with Crippen LogP contribution in [0.5, 0.6) is 0 Å². The number of aliphatic hydroxyl groups is 1. The molecule has 17 heavy (non-hydrogen) atoms. The summed E-state index contributed by atoms with van der Waals surface area (Å²) in [5.74, 6) is 0. The van der Waals surface area contributed by atoms with E-state index in [9.17, 15) is 5.11 Å². The van der Waals surface area contributed by atoms with Gasteiger partial charge in [0.1, 0.15) is 0 Å². The van der Waals surface area contributed by atoms with E-state index in [0.717, 1.165) is 5.46 Å². The van der Waals surface area contributed by atoms with Crippen LogP contribution >= 0.6 is 11.6 Å². The summed E-state index contributed by atoms with van der Waals surface area (Å²) in [7, 11) is 1.57. The van der Waals surface area contributed by atoms with Crippen LogP contribution in [0.4, 0.5) is 5.69 Å². The number of halogens is 1. The largest absolute Gasteiger partial charge is 0.427 e. The summed E-state index contributed by atoms with van der Waals surface area (Å²) in [5, 5.41) is 10.4. The molecule has 0 heterocycles. The fourth-order valence-electron chi connectivity index (χ4n) is 0.976. The molecule has 0 fully saturated rings. The summed E-state index contributed by atoms with van der Waals surface area (Å²) >= 11 is 5.90. The lowest BCUT2D eigenvalue weighted by atomic mass is 9.82. The maximum Gasteiger partial charge on any atom is 0.330 e. The zero-order chi connectivity index (χ0) is 13.3. The molecule has 5 heteroatoms. The Morgan fingerprint density at radius 2 is 1.88 bits per heavy atom. The maximum absolute atomic E-state index is 9.93. The lowest BCUT2D eigenvalue weighted by Crippen LogP contribution is -2.49. The monoisotopic (exact) mass is 254 g/mol. The Balaban J connectivity index is 2.71. The van der Waals surface area contributed by atoms with E-state index < -0.39 is 11.2 Å². The molecule has 3 N–H and O–H groups in total. The molecule has 0 spiro atoms. The fourth-order valence-corrected chi connectivity index (χ4v) is 1.17. The van der Waals surface area contributed by atoms with E-state index in [2.05, 4.69) is 0 Å². The Labute approximate surface area is 108 Å². The third kappa shape index (κ3) is 3.63. The highest BCUT2D eigenvalue weighted by atomic mass is 35.5. The first kappa shape index (κ1) is 14.4. The lowest BCUT2D eigenvalue weighted by molar-refractivity contribution is -0.0893. The number of nitrogens with two attached hydrogens (primary N) is 1. The number of hydrogen-bond donors (Lipinski definition) is 2. The zero-order valence-electron chi connectivity index (χ0n) is 10.6. The topological polar surface area (TPSA) is 55.5 Å². The van der Waals surface area contributed by atoms with Crippen molar-refractivity contribution in [1.82, 2.24) is 0 Å². The molecule has 0 aliphatic rings. The molecule has 0 bridgehead atoms.